The maximum Gasteiger partial charge on any atom is 0.327 e. The lowest BCUT2D eigenvalue weighted by atomic mass is 10.2. The average Bonchev–Trinajstić information content (AvgIpc) is 3.12. The topological polar surface area (TPSA) is 83.8 Å². The summed E-state index contributed by atoms with van der Waals surface area (Å²) in [6.45, 7) is 0.145. The van der Waals surface area contributed by atoms with Crippen LogP contribution >= 0.6 is 11.6 Å². The van der Waals surface area contributed by atoms with Crippen molar-refractivity contribution in [3.05, 3.63) is 38.9 Å². The molecule has 0 aromatic heterocycles. The van der Waals surface area contributed by atoms with Crippen LogP contribution in [0.4, 0.5) is 10.5 Å². The standard InChI is InChI=1S/C15H16ClN3O4/c16-13-7-12(19(22)23)6-5-10(13)8-18-14(20)9-17(15(18)21)11-3-1-2-4-11/h5-7,11H,1-4,8-9H2. The van der Waals surface area contributed by atoms with E-state index >= 15 is 0 Å². The van der Waals surface area contributed by atoms with Crippen LogP contribution in [-0.4, -0.2) is 39.2 Å². The first-order valence-corrected chi connectivity index (χ1v) is 7.89. The lowest BCUT2D eigenvalue weighted by Crippen LogP contribution is -2.37. The van der Waals surface area contributed by atoms with Gasteiger partial charge in [-0.25, -0.2) is 4.79 Å². The normalized spacial score (nSPS) is 19.0. The van der Waals surface area contributed by atoms with Crippen molar-refractivity contribution in [3.8, 4) is 0 Å². The third kappa shape index (κ3) is 3.01. The molecule has 7 nitrogen and oxygen atoms in total. The summed E-state index contributed by atoms with van der Waals surface area (Å²) < 4.78 is 0. The molecule has 3 rings (SSSR count). The summed E-state index contributed by atoms with van der Waals surface area (Å²) in [7, 11) is 0. The number of halogens is 1. The maximum absolute atomic E-state index is 12.5. The van der Waals surface area contributed by atoms with Gasteiger partial charge in [-0.1, -0.05) is 24.4 Å². The molecule has 8 heteroatoms. The highest BCUT2D eigenvalue weighted by Crippen LogP contribution is 2.29. The summed E-state index contributed by atoms with van der Waals surface area (Å²) in [6, 6.07) is 3.89. The van der Waals surface area contributed by atoms with Crippen molar-refractivity contribution in [3.63, 3.8) is 0 Å². The Kier molecular flexibility index (Phi) is 4.21. The molecular weight excluding hydrogens is 322 g/mol. The second-order valence-electron chi connectivity index (χ2n) is 5.86. The second-order valence-corrected chi connectivity index (χ2v) is 6.27. The number of hydrogen-bond donors (Lipinski definition) is 0. The highest BCUT2D eigenvalue weighted by molar-refractivity contribution is 6.31. The van der Waals surface area contributed by atoms with E-state index in [9.17, 15) is 19.7 Å². The number of carbonyl (C=O) groups is 2. The summed E-state index contributed by atoms with van der Waals surface area (Å²) in [5.74, 6) is -0.253. The molecule has 1 aromatic rings. The van der Waals surface area contributed by atoms with E-state index in [0.29, 0.717) is 5.56 Å². The lowest BCUT2D eigenvalue weighted by molar-refractivity contribution is -0.384. The minimum absolute atomic E-state index is 0.0394. The van der Waals surface area contributed by atoms with Crippen molar-refractivity contribution in [2.45, 2.75) is 38.3 Å². The van der Waals surface area contributed by atoms with E-state index in [4.69, 9.17) is 11.6 Å². The molecule has 2 aliphatic rings. The molecule has 0 atom stereocenters. The molecule has 0 N–H and O–H groups in total. The number of hydrogen-bond acceptors (Lipinski definition) is 4. The number of urea groups is 1. The fourth-order valence-electron chi connectivity index (χ4n) is 3.17. The van der Waals surface area contributed by atoms with Crippen LogP contribution in [0.2, 0.25) is 5.02 Å². The van der Waals surface area contributed by atoms with Gasteiger partial charge in [0, 0.05) is 18.2 Å². The summed E-state index contributed by atoms with van der Waals surface area (Å²) >= 11 is 6.04. The summed E-state index contributed by atoms with van der Waals surface area (Å²) in [5, 5.41) is 10.9. The Morgan fingerprint density at radius 3 is 2.57 bits per heavy atom. The first-order valence-electron chi connectivity index (χ1n) is 7.51. The van der Waals surface area contributed by atoms with Gasteiger partial charge in [-0.2, -0.15) is 0 Å². The van der Waals surface area contributed by atoms with Crippen LogP contribution in [0.5, 0.6) is 0 Å². The number of non-ortho nitro benzene ring substituents is 1. The predicted octanol–water partition coefficient (Wildman–Crippen LogP) is 2.96. The van der Waals surface area contributed by atoms with Gasteiger partial charge in [-0.15, -0.1) is 0 Å². The number of nitro groups is 1. The van der Waals surface area contributed by atoms with Gasteiger partial charge in [-0.05, 0) is 24.5 Å². The molecule has 0 radical (unpaired) electrons. The molecule has 2 fully saturated rings. The molecule has 0 unspecified atom stereocenters. The minimum Gasteiger partial charge on any atom is -0.312 e. The molecule has 1 aromatic carbocycles. The van der Waals surface area contributed by atoms with Crippen LogP contribution in [-0.2, 0) is 11.3 Å². The molecule has 122 valence electrons. The van der Waals surface area contributed by atoms with Crippen LogP contribution in [0.15, 0.2) is 18.2 Å². The fourth-order valence-corrected chi connectivity index (χ4v) is 3.40. The molecule has 1 aliphatic carbocycles. The Hall–Kier alpha value is -2.15. The zero-order valence-corrected chi connectivity index (χ0v) is 13.2. The Bertz CT molecular complexity index is 673. The van der Waals surface area contributed by atoms with E-state index in [1.54, 1.807) is 4.90 Å². The van der Waals surface area contributed by atoms with Crippen LogP contribution in [0, 0.1) is 10.1 Å². The summed E-state index contributed by atoms with van der Waals surface area (Å²) in [5.41, 5.74) is 0.401. The van der Waals surface area contributed by atoms with E-state index in [-0.39, 0.29) is 41.8 Å². The molecular formula is C15H16ClN3O4. The van der Waals surface area contributed by atoms with E-state index in [2.05, 4.69) is 0 Å². The Morgan fingerprint density at radius 1 is 1.26 bits per heavy atom. The van der Waals surface area contributed by atoms with Gasteiger partial charge in [0.2, 0.25) is 0 Å². The molecule has 23 heavy (non-hydrogen) atoms. The van der Waals surface area contributed by atoms with Crippen LogP contribution < -0.4 is 0 Å². The second kappa shape index (κ2) is 6.16. The number of carbonyl (C=O) groups excluding carboxylic acids is 2. The van der Waals surface area contributed by atoms with E-state index < -0.39 is 4.92 Å². The van der Waals surface area contributed by atoms with Crippen LogP contribution in [0.1, 0.15) is 31.2 Å². The number of nitrogens with zero attached hydrogens (tertiary/aromatic N) is 3. The number of imide groups is 1. The SMILES string of the molecule is O=C1CN(C2CCCC2)C(=O)N1Cc1ccc([N+](=O)[O-])cc1Cl. The monoisotopic (exact) mass is 337 g/mol. The Balaban J connectivity index is 1.76. The highest BCUT2D eigenvalue weighted by atomic mass is 35.5. The summed E-state index contributed by atoms with van der Waals surface area (Å²) in [4.78, 5) is 37.6. The third-order valence-electron chi connectivity index (χ3n) is 4.42. The number of benzene rings is 1. The van der Waals surface area contributed by atoms with Crippen molar-refractivity contribution < 1.29 is 14.5 Å². The molecule has 1 aliphatic heterocycles. The first kappa shape index (κ1) is 15.7. The molecule has 0 bridgehead atoms. The first-order chi connectivity index (χ1) is 11.0. The molecule has 1 saturated carbocycles. The van der Waals surface area contributed by atoms with Gasteiger partial charge in [0.15, 0.2) is 0 Å². The van der Waals surface area contributed by atoms with Crippen molar-refractivity contribution in [2.24, 2.45) is 0 Å². The number of nitro benzene ring substituents is 1. The van der Waals surface area contributed by atoms with Crippen molar-refractivity contribution in [2.75, 3.05) is 6.54 Å². The number of amides is 3. The maximum atomic E-state index is 12.5. The molecule has 3 amide bonds. The highest BCUT2D eigenvalue weighted by Gasteiger charge is 2.40. The smallest absolute Gasteiger partial charge is 0.312 e. The average molecular weight is 338 g/mol. The van der Waals surface area contributed by atoms with Gasteiger partial charge in [0.25, 0.3) is 11.6 Å². The fraction of sp³-hybridized carbons (Fsp3) is 0.467. The third-order valence-corrected chi connectivity index (χ3v) is 4.78. The zero-order chi connectivity index (χ0) is 16.6. The van der Waals surface area contributed by atoms with Gasteiger partial charge in [-0.3, -0.25) is 19.8 Å². The van der Waals surface area contributed by atoms with Gasteiger partial charge < -0.3 is 4.90 Å². The molecule has 1 saturated heterocycles. The van der Waals surface area contributed by atoms with Gasteiger partial charge >= 0.3 is 6.03 Å². The van der Waals surface area contributed by atoms with E-state index in [1.807, 2.05) is 0 Å². The quantitative estimate of drug-likeness (QED) is 0.480. The van der Waals surface area contributed by atoms with Crippen molar-refractivity contribution in [1.29, 1.82) is 0 Å². The predicted molar refractivity (Wildman–Crippen MR) is 83.0 cm³/mol. The zero-order valence-electron chi connectivity index (χ0n) is 12.4. The molecule has 0 spiro atoms. The van der Waals surface area contributed by atoms with Gasteiger partial charge in [0.1, 0.15) is 6.54 Å². The van der Waals surface area contributed by atoms with Crippen molar-refractivity contribution >= 4 is 29.2 Å². The Morgan fingerprint density at radius 2 is 1.96 bits per heavy atom. The van der Waals surface area contributed by atoms with E-state index in [0.717, 1.165) is 25.7 Å². The number of rotatable bonds is 4. The minimum atomic E-state index is -0.538. The van der Waals surface area contributed by atoms with E-state index in [1.165, 1.54) is 23.1 Å². The molecule has 1 heterocycles. The van der Waals surface area contributed by atoms with Crippen LogP contribution in [0.25, 0.3) is 0 Å². The Labute approximate surface area is 138 Å². The van der Waals surface area contributed by atoms with Gasteiger partial charge in [0.05, 0.1) is 16.5 Å². The van der Waals surface area contributed by atoms with Crippen molar-refractivity contribution in [1.82, 2.24) is 9.80 Å². The van der Waals surface area contributed by atoms with Crippen LogP contribution in [0.3, 0.4) is 0 Å². The summed E-state index contributed by atoms with van der Waals surface area (Å²) in [6.07, 6.45) is 4.03. The lowest BCUT2D eigenvalue weighted by Gasteiger charge is -2.23. The largest absolute Gasteiger partial charge is 0.327 e.